The van der Waals surface area contributed by atoms with Gasteiger partial charge in [0.05, 0.1) is 0 Å². The Balaban J connectivity index is 1.81. The summed E-state index contributed by atoms with van der Waals surface area (Å²) >= 11 is 0. The lowest BCUT2D eigenvalue weighted by atomic mass is 9.77. The molecule has 118 valence electrons. The first kappa shape index (κ1) is 14.9. The molecule has 3 rings (SSSR count). The number of amides is 2. The molecule has 0 spiro atoms. The summed E-state index contributed by atoms with van der Waals surface area (Å²) in [5.41, 5.74) is 0. The van der Waals surface area contributed by atoms with Crippen molar-refractivity contribution in [3.63, 3.8) is 0 Å². The number of carbonyl (C=O) groups excluding carboxylic acids is 2. The molecule has 1 saturated heterocycles. The number of hydrogen-bond donors (Lipinski definition) is 1. The minimum Gasteiger partial charge on any atom is -0.342 e. The lowest BCUT2D eigenvalue weighted by Gasteiger charge is -2.46. The van der Waals surface area contributed by atoms with Gasteiger partial charge in [-0.3, -0.25) is 9.59 Å². The van der Waals surface area contributed by atoms with E-state index >= 15 is 0 Å². The summed E-state index contributed by atoms with van der Waals surface area (Å²) in [5.74, 6) is 2.02. The molecule has 2 saturated carbocycles. The SMILES string of the molecule is CCC1C(=O)NC(C2CC2)C(=O)N1C1CCC(C)C(C)C1. The molecule has 0 aromatic heterocycles. The predicted octanol–water partition coefficient (Wildman–Crippen LogP) is 2.33. The van der Waals surface area contributed by atoms with Crippen molar-refractivity contribution in [1.82, 2.24) is 10.2 Å². The fourth-order valence-corrected chi connectivity index (χ4v) is 4.09. The van der Waals surface area contributed by atoms with E-state index in [-0.39, 0.29) is 29.9 Å². The molecule has 0 aromatic carbocycles. The first-order chi connectivity index (χ1) is 10.0. The van der Waals surface area contributed by atoms with Crippen LogP contribution >= 0.6 is 0 Å². The van der Waals surface area contributed by atoms with Gasteiger partial charge in [-0.1, -0.05) is 20.8 Å². The smallest absolute Gasteiger partial charge is 0.246 e. The van der Waals surface area contributed by atoms with Gasteiger partial charge in [-0.05, 0) is 56.3 Å². The van der Waals surface area contributed by atoms with Gasteiger partial charge in [-0.25, -0.2) is 0 Å². The maximum Gasteiger partial charge on any atom is 0.246 e. The van der Waals surface area contributed by atoms with Gasteiger partial charge >= 0.3 is 0 Å². The number of carbonyl (C=O) groups is 2. The van der Waals surface area contributed by atoms with E-state index in [0.717, 1.165) is 38.0 Å². The van der Waals surface area contributed by atoms with Crippen LogP contribution in [0.4, 0.5) is 0 Å². The van der Waals surface area contributed by atoms with Crippen molar-refractivity contribution in [1.29, 1.82) is 0 Å². The van der Waals surface area contributed by atoms with Crippen molar-refractivity contribution < 1.29 is 9.59 Å². The van der Waals surface area contributed by atoms with E-state index in [9.17, 15) is 9.59 Å². The minimum absolute atomic E-state index is 0.0697. The molecule has 3 aliphatic rings. The van der Waals surface area contributed by atoms with E-state index in [1.54, 1.807) is 0 Å². The summed E-state index contributed by atoms with van der Waals surface area (Å²) in [7, 11) is 0. The van der Waals surface area contributed by atoms with Gasteiger partial charge in [-0.2, -0.15) is 0 Å². The first-order valence-corrected chi connectivity index (χ1v) is 8.65. The zero-order valence-corrected chi connectivity index (χ0v) is 13.5. The van der Waals surface area contributed by atoms with Gasteiger partial charge in [0.2, 0.25) is 11.8 Å². The zero-order chi connectivity index (χ0) is 15.1. The van der Waals surface area contributed by atoms with Crippen molar-refractivity contribution in [2.75, 3.05) is 0 Å². The highest BCUT2D eigenvalue weighted by atomic mass is 16.2. The summed E-state index contributed by atoms with van der Waals surface area (Å²) < 4.78 is 0. The highest BCUT2D eigenvalue weighted by Crippen LogP contribution is 2.38. The first-order valence-electron chi connectivity index (χ1n) is 8.65. The lowest BCUT2D eigenvalue weighted by molar-refractivity contribution is -0.154. The normalized spacial score (nSPS) is 41.1. The van der Waals surface area contributed by atoms with Crippen LogP contribution in [-0.2, 0) is 9.59 Å². The van der Waals surface area contributed by atoms with Crippen molar-refractivity contribution in [3.05, 3.63) is 0 Å². The van der Waals surface area contributed by atoms with Gasteiger partial charge in [0, 0.05) is 6.04 Å². The van der Waals surface area contributed by atoms with E-state index in [4.69, 9.17) is 0 Å². The number of rotatable bonds is 3. The molecule has 0 aromatic rings. The van der Waals surface area contributed by atoms with Gasteiger partial charge < -0.3 is 10.2 Å². The molecule has 5 atom stereocenters. The molecule has 0 bridgehead atoms. The Labute approximate surface area is 127 Å². The summed E-state index contributed by atoms with van der Waals surface area (Å²) in [6.07, 6.45) is 6.16. The molecular weight excluding hydrogens is 264 g/mol. The Morgan fingerprint density at radius 1 is 1.10 bits per heavy atom. The Bertz CT molecular complexity index is 433. The van der Waals surface area contributed by atoms with Crippen LogP contribution in [0.3, 0.4) is 0 Å². The molecule has 2 aliphatic carbocycles. The van der Waals surface area contributed by atoms with E-state index in [0.29, 0.717) is 11.8 Å². The largest absolute Gasteiger partial charge is 0.342 e. The molecule has 2 amide bonds. The van der Waals surface area contributed by atoms with Crippen LogP contribution in [0.5, 0.6) is 0 Å². The van der Waals surface area contributed by atoms with Crippen LogP contribution < -0.4 is 5.32 Å². The van der Waals surface area contributed by atoms with Crippen LogP contribution in [-0.4, -0.2) is 34.8 Å². The fraction of sp³-hybridized carbons (Fsp3) is 0.882. The Hall–Kier alpha value is -1.06. The molecule has 3 fully saturated rings. The zero-order valence-electron chi connectivity index (χ0n) is 13.5. The average Bonchev–Trinajstić information content (AvgIpc) is 3.28. The van der Waals surface area contributed by atoms with E-state index in [2.05, 4.69) is 19.2 Å². The molecule has 0 radical (unpaired) electrons. The summed E-state index contributed by atoms with van der Waals surface area (Å²) in [4.78, 5) is 27.3. The second kappa shape index (κ2) is 5.62. The van der Waals surface area contributed by atoms with Gasteiger partial charge in [0.25, 0.3) is 0 Å². The monoisotopic (exact) mass is 292 g/mol. The van der Waals surface area contributed by atoms with Crippen LogP contribution in [0.25, 0.3) is 0 Å². The maximum atomic E-state index is 12.9. The van der Waals surface area contributed by atoms with E-state index in [1.807, 2.05) is 11.8 Å². The van der Waals surface area contributed by atoms with Crippen LogP contribution in [0, 0.1) is 17.8 Å². The molecule has 1 N–H and O–H groups in total. The van der Waals surface area contributed by atoms with Crippen LogP contribution in [0.1, 0.15) is 59.3 Å². The Morgan fingerprint density at radius 2 is 1.81 bits per heavy atom. The minimum atomic E-state index is -0.252. The van der Waals surface area contributed by atoms with Crippen LogP contribution in [0.15, 0.2) is 0 Å². The second-order valence-corrected chi connectivity index (χ2v) is 7.41. The van der Waals surface area contributed by atoms with Crippen LogP contribution in [0.2, 0.25) is 0 Å². The number of hydrogen-bond acceptors (Lipinski definition) is 2. The summed E-state index contributed by atoms with van der Waals surface area (Å²) in [6.45, 7) is 6.59. The molecule has 1 heterocycles. The topological polar surface area (TPSA) is 49.4 Å². The Morgan fingerprint density at radius 3 is 2.38 bits per heavy atom. The van der Waals surface area contributed by atoms with Crippen molar-refractivity contribution in [2.24, 2.45) is 17.8 Å². The maximum absolute atomic E-state index is 12.9. The molecule has 21 heavy (non-hydrogen) atoms. The molecule has 1 aliphatic heterocycles. The van der Waals surface area contributed by atoms with Crippen molar-refractivity contribution in [2.45, 2.75) is 77.4 Å². The van der Waals surface area contributed by atoms with Crippen molar-refractivity contribution in [3.8, 4) is 0 Å². The highest BCUT2D eigenvalue weighted by molar-refractivity contribution is 5.97. The number of piperazine rings is 1. The quantitative estimate of drug-likeness (QED) is 0.868. The summed E-state index contributed by atoms with van der Waals surface area (Å²) in [6, 6.07) is -0.228. The molecule has 5 unspecified atom stereocenters. The standard InChI is InChI=1S/C17H28N2O2/c1-4-14-16(20)18-15(12-6-7-12)17(21)19(14)13-8-5-10(2)11(3)9-13/h10-15H,4-9H2,1-3H3,(H,18,20). The average molecular weight is 292 g/mol. The third-order valence-electron chi connectivity index (χ3n) is 5.90. The molecule has 4 nitrogen and oxygen atoms in total. The number of nitrogens with one attached hydrogen (secondary N) is 1. The third-order valence-corrected chi connectivity index (χ3v) is 5.90. The number of nitrogens with zero attached hydrogens (tertiary/aromatic N) is 1. The van der Waals surface area contributed by atoms with Gasteiger partial charge in [-0.15, -0.1) is 0 Å². The van der Waals surface area contributed by atoms with E-state index in [1.165, 1.54) is 6.42 Å². The van der Waals surface area contributed by atoms with Gasteiger partial charge in [0.1, 0.15) is 12.1 Å². The summed E-state index contributed by atoms with van der Waals surface area (Å²) in [5, 5.41) is 2.99. The van der Waals surface area contributed by atoms with E-state index < -0.39 is 0 Å². The molecule has 4 heteroatoms. The predicted molar refractivity (Wildman–Crippen MR) is 81.5 cm³/mol. The fourth-order valence-electron chi connectivity index (χ4n) is 4.09. The highest BCUT2D eigenvalue weighted by Gasteiger charge is 2.48. The third kappa shape index (κ3) is 2.69. The molecular formula is C17H28N2O2. The van der Waals surface area contributed by atoms with Gasteiger partial charge in [0.15, 0.2) is 0 Å². The second-order valence-electron chi connectivity index (χ2n) is 7.41. The Kier molecular flexibility index (Phi) is 3.98. The lowest BCUT2D eigenvalue weighted by Crippen LogP contribution is -2.66. The van der Waals surface area contributed by atoms with Crippen molar-refractivity contribution >= 4 is 11.8 Å².